The number of hydrogen-bond donors (Lipinski definition) is 1. The van der Waals surface area contributed by atoms with Crippen LogP contribution in [0.3, 0.4) is 0 Å². The van der Waals surface area contributed by atoms with Gasteiger partial charge in [0.05, 0.1) is 25.5 Å². The highest BCUT2D eigenvalue weighted by Gasteiger charge is 2.15. The van der Waals surface area contributed by atoms with Crippen LogP contribution in [0.4, 0.5) is 5.69 Å². The molecule has 0 radical (unpaired) electrons. The quantitative estimate of drug-likeness (QED) is 0.611. The molecule has 7 heteroatoms. The molecule has 2 rings (SSSR count). The third-order valence-electron chi connectivity index (χ3n) is 3.40. The third kappa shape index (κ3) is 4.17. The molecule has 0 saturated carbocycles. The number of amides is 1. The third-order valence-corrected chi connectivity index (χ3v) is 3.96. The van der Waals surface area contributed by atoms with E-state index in [1.165, 1.54) is 11.8 Å². The molecule has 0 aliphatic carbocycles. The van der Waals surface area contributed by atoms with Gasteiger partial charge in [0.2, 0.25) is 0 Å². The van der Waals surface area contributed by atoms with Crippen LogP contribution in [-0.2, 0) is 6.42 Å². The van der Waals surface area contributed by atoms with E-state index in [0.29, 0.717) is 27.9 Å². The van der Waals surface area contributed by atoms with Gasteiger partial charge in [-0.05, 0) is 24.8 Å². The Hall–Kier alpha value is -2.28. The minimum atomic E-state index is -0.238. The van der Waals surface area contributed by atoms with Gasteiger partial charge in [-0.3, -0.25) is 4.79 Å². The van der Waals surface area contributed by atoms with Crippen LogP contribution >= 0.6 is 11.8 Å². The van der Waals surface area contributed by atoms with Gasteiger partial charge >= 0.3 is 0 Å². The highest BCUT2D eigenvalue weighted by Crippen LogP contribution is 2.30. The van der Waals surface area contributed by atoms with Crippen LogP contribution in [-0.4, -0.2) is 36.4 Å². The van der Waals surface area contributed by atoms with Crippen LogP contribution in [0.5, 0.6) is 11.5 Å². The fourth-order valence-electron chi connectivity index (χ4n) is 2.23. The Morgan fingerprint density at radius 3 is 2.62 bits per heavy atom. The lowest BCUT2D eigenvalue weighted by Crippen LogP contribution is -2.16. The smallest absolute Gasteiger partial charge is 0.259 e. The first kappa shape index (κ1) is 18.1. The number of benzene rings is 1. The minimum absolute atomic E-state index is 0.238. The molecule has 1 aromatic heterocycles. The number of aryl methyl sites for hydroxylation is 1. The molecule has 1 amide bonds. The molecule has 128 valence electrons. The number of thioether (sulfide) groups is 1. The zero-order valence-corrected chi connectivity index (χ0v) is 15.1. The first-order chi connectivity index (χ1) is 11.6. The second-order valence-electron chi connectivity index (χ2n) is 4.99. The van der Waals surface area contributed by atoms with E-state index < -0.39 is 0 Å². The number of ether oxygens (including phenoxy) is 2. The van der Waals surface area contributed by atoms with Gasteiger partial charge in [0, 0.05) is 18.0 Å². The lowest BCUT2D eigenvalue weighted by Gasteiger charge is -2.12. The molecule has 0 aliphatic heterocycles. The van der Waals surface area contributed by atoms with E-state index in [9.17, 15) is 4.79 Å². The van der Waals surface area contributed by atoms with E-state index >= 15 is 0 Å². The van der Waals surface area contributed by atoms with Crippen molar-refractivity contribution in [1.82, 2.24) is 9.97 Å². The van der Waals surface area contributed by atoms with Crippen molar-refractivity contribution < 1.29 is 14.3 Å². The molecule has 0 fully saturated rings. The summed E-state index contributed by atoms with van der Waals surface area (Å²) in [5, 5.41) is 3.53. The number of hydrogen-bond acceptors (Lipinski definition) is 6. The first-order valence-corrected chi connectivity index (χ1v) is 8.78. The molecule has 0 saturated heterocycles. The summed E-state index contributed by atoms with van der Waals surface area (Å²) in [6.45, 7) is 2.05. The summed E-state index contributed by atoms with van der Waals surface area (Å²) in [4.78, 5) is 21.3. The molecular weight excluding hydrogens is 326 g/mol. The van der Waals surface area contributed by atoms with Crippen LogP contribution < -0.4 is 14.8 Å². The number of anilines is 1. The molecular formula is C17H21N3O3S. The van der Waals surface area contributed by atoms with E-state index in [1.54, 1.807) is 38.6 Å². The Bertz CT molecular complexity index is 722. The molecule has 6 nitrogen and oxygen atoms in total. The van der Waals surface area contributed by atoms with Gasteiger partial charge in [-0.25, -0.2) is 9.97 Å². The van der Waals surface area contributed by atoms with Crippen molar-refractivity contribution in [3.8, 4) is 11.5 Å². The molecule has 0 spiro atoms. The summed E-state index contributed by atoms with van der Waals surface area (Å²) in [5.74, 6) is 0.922. The maximum absolute atomic E-state index is 12.6. The maximum atomic E-state index is 12.6. The van der Waals surface area contributed by atoms with Crippen molar-refractivity contribution in [3.63, 3.8) is 0 Å². The highest BCUT2D eigenvalue weighted by atomic mass is 32.2. The molecule has 0 unspecified atom stereocenters. The summed E-state index contributed by atoms with van der Waals surface area (Å²) in [6.07, 6.45) is 5.13. The maximum Gasteiger partial charge on any atom is 0.259 e. The van der Waals surface area contributed by atoms with Gasteiger partial charge in [0.15, 0.2) is 16.7 Å². The summed E-state index contributed by atoms with van der Waals surface area (Å²) in [6, 6.07) is 5.22. The van der Waals surface area contributed by atoms with Gasteiger partial charge in [-0.15, -0.1) is 0 Å². The van der Waals surface area contributed by atoms with Crippen LogP contribution in [0, 0.1) is 0 Å². The Morgan fingerprint density at radius 2 is 2.00 bits per heavy atom. The largest absolute Gasteiger partial charge is 0.493 e. The lowest BCUT2D eigenvalue weighted by atomic mass is 10.1. The number of carbonyl (C=O) groups excluding carboxylic acids is 1. The van der Waals surface area contributed by atoms with E-state index in [0.717, 1.165) is 18.5 Å². The predicted molar refractivity (Wildman–Crippen MR) is 95.3 cm³/mol. The van der Waals surface area contributed by atoms with Crippen LogP contribution in [0.1, 0.15) is 29.4 Å². The second kappa shape index (κ2) is 8.54. The second-order valence-corrected chi connectivity index (χ2v) is 5.76. The van der Waals surface area contributed by atoms with Crippen molar-refractivity contribution in [2.45, 2.75) is 24.9 Å². The van der Waals surface area contributed by atoms with Gasteiger partial charge in [0.1, 0.15) is 0 Å². The van der Waals surface area contributed by atoms with Crippen molar-refractivity contribution >= 4 is 23.4 Å². The lowest BCUT2D eigenvalue weighted by molar-refractivity contribution is 0.102. The standard InChI is InChI=1S/C17H21N3O3S/c1-5-6-13-12(10-18-17(20-13)24-4)16(21)19-11-7-8-14(22-2)15(9-11)23-3/h7-10H,5-6H2,1-4H3,(H,19,21). The molecule has 0 aliphatic rings. The van der Waals surface area contributed by atoms with Gasteiger partial charge in [-0.1, -0.05) is 25.1 Å². The molecule has 2 aromatic rings. The Labute approximate surface area is 146 Å². The Kier molecular flexibility index (Phi) is 6.43. The normalized spacial score (nSPS) is 10.3. The molecule has 1 N–H and O–H groups in total. The summed E-state index contributed by atoms with van der Waals surface area (Å²) in [5.41, 5.74) is 1.87. The molecule has 24 heavy (non-hydrogen) atoms. The summed E-state index contributed by atoms with van der Waals surface area (Å²) in [7, 11) is 3.12. The summed E-state index contributed by atoms with van der Waals surface area (Å²) < 4.78 is 10.5. The van der Waals surface area contributed by atoms with E-state index in [1.807, 2.05) is 6.26 Å². The molecule has 1 heterocycles. The molecule has 0 atom stereocenters. The minimum Gasteiger partial charge on any atom is -0.493 e. The predicted octanol–water partition coefficient (Wildman–Crippen LogP) is 3.42. The van der Waals surface area contributed by atoms with Crippen LogP contribution in [0.25, 0.3) is 0 Å². The van der Waals surface area contributed by atoms with Crippen molar-refractivity contribution in [2.24, 2.45) is 0 Å². The Morgan fingerprint density at radius 1 is 1.25 bits per heavy atom. The van der Waals surface area contributed by atoms with Crippen molar-refractivity contribution in [1.29, 1.82) is 0 Å². The average molecular weight is 347 g/mol. The van der Waals surface area contributed by atoms with E-state index in [2.05, 4.69) is 22.2 Å². The average Bonchev–Trinajstić information content (AvgIpc) is 2.61. The fraction of sp³-hybridized carbons (Fsp3) is 0.353. The number of nitrogens with one attached hydrogen (secondary N) is 1. The monoisotopic (exact) mass is 347 g/mol. The van der Waals surface area contributed by atoms with E-state index in [4.69, 9.17) is 9.47 Å². The number of carbonyl (C=O) groups is 1. The van der Waals surface area contributed by atoms with Crippen molar-refractivity contribution in [2.75, 3.05) is 25.8 Å². The number of nitrogens with zero attached hydrogens (tertiary/aromatic N) is 2. The van der Waals surface area contributed by atoms with Crippen LogP contribution in [0.2, 0.25) is 0 Å². The number of methoxy groups -OCH3 is 2. The number of rotatable bonds is 7. The zero-order chi connectivity index (χ0) is 17.5. The number of aromatic nitrogens is 2. The van der Waals surface area contributed by atoms with Crippen LogP contribution in [0.15, 0.2) is 29.6 Å². The molecule has 1 aromatic carbocycles. The van der Waals surface area contributed by atoms with Gasteiger partial charge in [-0.2, -0.15) is 0 Å². The summed E-state index contributed by atoms with van der Waals surface area (Å²) >= 11 is 1.46. The van der Waals surface area contributed by atoms with Gasteiger partial charge < -0.3 is 14.8 Å². The Balaban J connectivity index is 2.26. The molecule has 0 bridgehead atoms. The van der Waals surface area contributed by atoms with Gasteiger partial charge in [0.25, 0.3) is 5.91 Å². The topological polar surface area (TPSA) is 73.3 Å². The van der Waals surface area contributed by atoms with E-state index in [-0.39, 0.29) is 5.91 Å². The van der Waals surface area contributed by atoms with Crippen molar-refractivity contribution in [3.05, 3.63) is 35.7 Å². The zero-order valence-electron chi connectivity index (χ0n) is 14.3. The SMILES string of the molecule is CCCc1nc(SC)ncc1C(=O)Nc1ccc(OC)c(OC)c1. The first-order valence-electron chi connectivity index (χ1n) is 7.56. The fourth-order valence-corrected chi connectivity index (χ4v) is 2.59. The highest BCUT2D eigenvalue weighted by molar-refractivity contribution is 7.98.